The van der Waals surface area contributed by atoms with Gasteiger partial charge in [0, 0.05) is 6.04 Å². The minimum atomic E-state index is 0.739. The lowest BCUT2D eigenvalue weighted by molar-refractivity contribution is 0.143. The van der Waals surface area contributed by atoms with Crippen molar-refractivity contribution in [1.82, 2.24) is 10.6 Å². The maximum absolute atomic E-state index is 3.56. The summed E-state index contributed by atoms with van der Waals surface area (Å²) in [4.78, 5) is 0. The SMILES string of the molecule is CC1CC(C2CNCCC2C)CCN1. The zero-order valence-electron chi connectivity index (χ0n) is 9.55. The Labute approximate surface area is 87.8 Å². The van der Waals surface area contributed by atoms with Crippen molar-refractivity contribution in [3.63, 3.8) is 0 Å². The molecule has 2 fully saturated rings. The van der Waals surface area contributed by atoms with Crippen molar-refractivity contribution >= 4 is 0 Å². The lowest BCUT2D eigenvalue weighted by Crippen LogP contribution is -2.45. The Balaban J connectivity index is 1.91. The molecule has 0 saturated carbocycles. The van der Waals surface area contributed by atoms with Crippen LogP contribution in [0.25, 0.3) is 0 Å². The van der Waals surface area contributed by atoms with Gasteiger partial charge in [-0.1, -0.05) is 6.92 Å². The smallest absolute Gasteiger partial charge is 0.00414 e. The van der Waals surface area contributed by atoms with Crippen LogP contribution in [0.1, 0.15) is 33.1 Å². The lowest BCUT2D eigenvalue weighted by atomic mass is 9.73. The van der Waals surface area contributed by atoms with E-state index in [1.165, 1.54) is 38.9 Å². The highest BCUT2D eigenvalue weighted by Crippen LogP contribution is 2.32. The summed E-state index contributed by atoms with van der Waals surface area (Å²) in [5.74, 6) is 2.84. The number of hydrogen-bond donors (Lipinski definition) is 2. The van der Waals surface area contributed by atoms with E-state index in [-0.39, 0.29) is 0 Å². The van der Waals surface area contributed by atoms with Crippen LogP contribution in [0.5, 0.6) is 0 Å². The van der Waals surface area contributed by atoms with Gasteiger partial charge in [0.1, 0.15) is 0 Å². The van der Waals surface area contributed by atoms with Gasteiger partial charge >= 0.3 is 0 Å². The van der Waals surface area contributed by atoms with Gasteiger partial charge < -0.3 is 10.6 Å². The van der Waals surface area contributed by atoms with Gasteiger partial charge in [0.25, 0.3) is 0 Å². The van der Waals surface area contributed by atoms with Crippen LogP contribution in [0.2, 0.25) is 0 Å². The van der Waals surface area contributed by atoms with Crippen LogP contribution in [-0.2, 0) is 0 Å². The molecule has 2 aliphatic heterocycles. The van der Waals surface area contributed by atoms with Crippen LogP contribution >= 0.6 is 0 Å². The highest BCUT2D eigenvalue weighted by Gasteiger charge is 2.31. The van der Waals surface area contributed by atoms with Gasteiger partial charge in [-0.25, -0.2) is 0 Å². The molecule has 0 amide bonds. The van der Waals surface area contributed by atoms with Gasteiger partial charge in [-0.2, -0.15) is 0 Å². The first-order valence-electron chi connectivity index (χ1n) is 6.21. The van der Waals surface area contributed by atoms with Gasteiger partial charge in [0.05, 0.1) is 0 Å². The van der Waals surface area contributed by atoms with E-state index in [4.69, 9.17) is 0 Å². The summed E-state index contributed by atoms with van der Waals surface area (Å²) in [6.07, 6.45) is 4.15. The van der Waals surface area contributed by atoms with Crippen LogP contribution in [0, 0.1) is 17.8 Å². The summed E-state index contributed by atoms with van der Waals surface area (Å²) in [6, 6.07) is 0.739. The first-order valence-corrected chi connectivity index (χ1v) is 6.21. The number of nitrogens with one attached hydrogen (secondary N) is 2. The molecule has 0 bridgehead atoms. The molecule has 0 radical (unpaired) electrons. The lowest BCUT2D eigenvalue weighted by Gasteiger charge is -2.39. The fourth-order valence-electron chi connectivity index (χ4n) is 3.20. The van der Waals surface area contributed by atoms with E-state index < -0.39 is 0 Å². The third kappa shape index (κ3) is 2.29. The third-order valence-corrected chi connectivity index (χ3v) is 4.16. The number of hydrogen-bond acceptors (Lipinski definition) is 2. The Morgan fingerprint density at radius 2 is 1.93 bits per heavy atom. The molecule has 0 aliphatic carbocycles. The van der Waals surface area contributed by atoms with E-state index in [9.17, 15) is 0 Å². The van der Waals surface area contributed by atoms with Crippen molar-refractivity contribution in [1.29, 1.82) is 0 Å². The fourth-order valence-corrected chi connectivity index (χ4v) is 3.20. The highest BCUT2D eigenvalue weighted by molar-refractivity contribution is 4.86. The monoisotopic (exact) mass is 196 g/mol. The van der Waals surface area contributed by atoms with Crippen molar-refractivity contribution in [2.75, 3.05) is 19.6 Å². The molecule has 2 rings (SSSR count). The molecule has 2 aliphatic rings. The van der Waals surface area contributed by atoms with E-state index in [1.54, 1.807) is 0 Å². The molecule has 2 nitrogen and oxygen atoms in total. The average molecular weight is 196 g/mol. The summed E-state index contributed by atoms with van der Waals surface area (Å²) in [6.45, 7) is 8.50. The number of rotatable bonds is 1. The Hall–Kier alpha value is -0.0800. The van der Waals surface area contributed by atoms with Gasteiger partial charge in [-0.05, 0) is 63.6 Å². The molecular formula is C12H24N2. The summed E-state index contributed by atoms with van der Waals surface area (Å²) >= 11 is 0. The molecule has 2 saturated heterocycles. The Morgan fingerprint density at radius 1 is 1.07 bits per heavy atom. The molecule has 82 valence electrons. The predicted octanol–water partition coefficient (Wildman–Crippen LogP) is 1.62. The minimum Gasteiger partial charge on any atom is -0.316 e. The first-order chi connectivity index (χ1) is 6.77. The molecule has 4 unspecified atom stereocenters. The van der Waals surface area contributed by atoms with Crippen LogP contribution in [0.3, 0.4) is 0 Å². The molecule has 0 aromatic carbocycles. The Bertz CT molecular complexity index is 181. The molecular weight excluding hydrogens is 172 g/mol. The fraction of sp³-hybridized carbons (Fsp3) is 1.00. The molecule has 2 heterocycles. The van der Waals surface area contributed by atoms with Crippen molar-refractivity contribution in [3.8, 4) is 0 Å². The Morgan fingerprint density at radius 3 is 2.64 bits per heavy atom. The Kier molecular flexibility index (Phi) is 3.45. The molecule has 0 aromatic rings. The minimum absolute atomic E-state index is 0.739. The third-order valence-electron chi connectivity index (χ3n) is 4.16. The standard InChI is InChI=1S/C12H24N2/c1-9-3-5-13-8-12(9)11-4-6-14-10(2)7-11/h9-14H,3-8H2,1-2H3. The topological polar surface area (TPSA) is 24.1 Å². The van der Waals surface area contributed by atoms with Crippen LogP contribution in [0.15, 0.2) is 0 Å². The largest absolute Gasteiger partial charge is 0.316 e. The van der Waals surface area contributed by atoms with Crippen LogP contribution in [-0.4, -0.2) is 25.7 Å². The average Bonchev–Trinajstić information content (AvgIpc) is 2.18. The van der Waals surface area contributed by atoms with E-state index in [2.05, 4.69) is 24.5 Å². The second-order valence-electron chi connectivity index (χ2n) is 5.27. The normalized spacial score (nSPS) is 45.0. The zero-order chi connectivity index (χ0) is 9.97. The molecule has 14 heavy (non-hydrogen) atoms. The molecule has 2 N–H and O–H groups in total. The van der Waals surface area contributed by atoms with Gasteiger partial charge in [-0.15, -0.1) is 0 Å². The molecule has 0 aromatic heterocycles. The van der Waals surface area contributed by atoms with Crippen LogP contribution < -0.4 is 10.6 Å². The van der Waals surface area contributed by atoms with Crippen LogP contribution in [0.4, 0.5) is 0 Å². The van der Waals surface area contributed by atoms with E-state index in [0.717, 1.165) is 23.8 Å². The summed E-state index contributed by atoms with van der Waals surface area (Å²) < 4.78 is 0. The summed E-state index contributed by atoms with van der Waals surface area (Å²) in [5.41, 5.74) is 0. The van der Waals surface area contributed by atoms with Gasteiger partial charge in [0.15, 0.2) is 0 Å². The second kappa shape index (κ2) is 4.63. The maximum Gasteiger partial charge on any atom is 0.00414 e. The summed E-state index contributed by atoms with van der Waals surface area (Å²) in [5, 5.41) is 7.10. The van der Waals surface area contributed by atoms with Gasteiger partial charge in [0.2, 0.25) is 0 Å². The molecule has 4 atom stereocenters. The highest BCUT2D eigenvalue weighted by atomic mass is 14.9. The van der Waals surface area contributed by atoms with E-state index >= 15 is 0 Å². The van der Waals surface area contributed by atoms with Crippen molar-refractivity contribution in [2.24, 2.45) is 17.8 Å². The summed E-state index contributed by atoms with van der Waals surface area (Å²) in [7, 11) is 0. The van der Waals surface area contributed by atoms with Gasteiger partial charge in [-0.3, -0.25) is 0 Å². The first kappa shape index (κ1) is 10.4. The van der Waals surface area contributed by atoms with Crippen molar-refractivity contribution in [2.45, 2.75) is 39.2 Å². The molecule has 0 spiro atoms. The number of piperidine rings is 2. The second-order valence-corrected chi connectivity index (χ2v) is 5.27. The quantitative estimate of drug-likeness (QED) is 0.666. The maximum atomic E-state index is 3.56. The predicted molar refractivity (Wildman–Crippen MR) is 60.3 cm³/mol. The van der Waals surface area contributed by atoms with E-state index in [1.807, 2.05) is 0 Å². The zero-order valence-corrected chi connectivity index (χ0v) is 9.55. The van der Waals surface area contributed by atoms with E-state index in [0.29, 0.717) is 0 Å². The van der Waals surface area contributed by atoms with Crippen molar-refractivity contribution < 1.29 is 0 Å². The van der Waals surface area contributed by atoms with Crippen molar-refractivity contribution in [3.05, 3.63) is 0 Å². The molecule has 2 heteroatoms.